The number of carboxylic acids is 1. The number of halogens is 1. The van der Waals surface area contributed by atoms with Gasteiger partial charge in [0.1, 0.15) is 11.0 Å². The molecule has 0 spiro atoms. The SMILES string of the molecule is Cn1c(Cl)cnc1CN1CCCC(CC(=O)O)C1. The summed E-state index contributed by atoms with van der Waals surface area (Å²) in [6, 6.07) is 0. The molecule has 6 heteroatoms. The first-order valence-corrected chi connectivity index (χ1v) is 6.54. The van der Waals surface area contributed by atoms with Crippen LogP contribution in [-0.4, -0.2) is 38.6 Å². The summed E-state index contributed by atoms with van der Waals surface area (Å²) in [6.45, 7) is 2.57. The van der Waals surface area contributed by atoms with E-state index in [-0.39, 0.29) is 12.3 Å². The molecule has 2 rings (SSSR count). The Labute approximate surface area is 111 Å². The number of hydrogen-bond donors (Lipinski definition) is 1. The third-order valence-corrected chi connectivity index (χ3v) is 3.81. The zero-order chi connectivity index (χ0) is 13.1. The van der Waals surface area contributed by atoms with E-state index in [1.807, 2.05) is 11.6 Å². The molecule has 1 N–H and O–H groups in total. The second kappa shape index (κ2) is 5.71. The molecule has 1 fully saturated rings. The molecule has 100 valence electrons. The van der Waals surface area contributed by atoms with E-state index in [1.165, 1.54) is 0 Å². The van der Waals surface area contributed by atoms with Gasteiger partial charge in [-0.2, -0.15) is 0 Å². The van der Waals surface area contributed by atoms with E-state index in [0.717, 1.165) is 38.3 Å². The number of carbonyl (C=O) groups is 1. The Morgan fingerprint density at radius 1 is 1.67 bits per heavy atom. The molecule has 1 aliphatic rings. The number of rotatable bonds is 4. The minimum absolute atomic E-state index is 0.256. The Kier molecular flexibility index (Phi) is 4.24. The standard InChI is InChI=1S/C12H18ClN3O2/c1-15-10(13)6-14-11(15)8-16-4-2-3-9(7-16)5-12(17)18/h6,9H,2-5,7-8H2,1H3,(H,17,18). The molecule has 1 aromatic heterocycles. The fourth-order valence-corrected chi connectivity index (χ4v) is 2.63. The maximum absolute atomic E-state index is 10.7. The molecular weight excluding hydrogens is 254 g/mol. The maximum atomic E-state index is 10.7. The van der Waals surface area contributed by atoms with Gasteiger partial charge in [-0.25, -0.2) is 4.98 Å². The van der Waals surface area contributed by atoms with Gasteiger partial charge >= 0.3 is 5.97 Å². The van der Waals surface area contributed by atoms with E-state index in [0.29, 0.717) is 5.15 Å². The van der Waals surface area contributed by atoms with Gasteiger partial charge in [0.25, 0.3) is 0 Å². The molecule has 0 aromatic carbocycles. The number of likely N-dealkylation sites (tertiary alicyclic amines) is 1. The third kappa shape index (κ3) is 3.23. The summed E-state index contributed by atoms with van der Waals surface area (Å²) in [4.78, 5) is 17.3. The van der Waals surface area contributed by atoms with E-state index >= 15 is 0 Å². The average molecular weight is 272 g/mol. The summed E-state index contributed by atoms with van der Waals surface area (Å²) in [5, 5.41) is 9.47. The van der Waals surface area contributed by atoms with Gasteiger partial charge in [0.2, 0.25) is 0 Å². The second-order valence-corrected chi connectivity index (χ2v) is 5.28. The molecule has 1 aliphatic heterocycles. The van der Waals surface area contributed by atoms with Gasteiger partial charge in [-0.3, -0.25) is 9.69 Å². The number of aliphatic carboxylic acids is 1. The number of imidazole rings is 1. The highest BCUT2D eigenvalue weighted by Crippen LogP contribution is 2.21. The molecule has 0 bridgehead atoms. The Balaban J connectivity index is 1.93. The van der Waals surface area contributed by atoms with E-state index < -0.39 is 5.97 Å². The lowest BCUT2D eigenvalue weighted by Crippen LogP contribution is -2.36. The van der Waals surface area contributed by atoms with Crippen molar-refractivity contribution >= 4 is 17.6 Å². The summed E-state index contributed by atoms with van der Waals surface area (Å²) in [7, 11) is 1.89. The molecule has 1 unspecified atom stereocenters. The van der Waals surface area contributed by atoms with Crippen LogP contribution in [0.4, 0.5) is 0 Å². The van der Waals surface area contributed by atoms with Crippen LogP contribution < -0.4 is 0 Å². The highest BCUT2D eigenvalue weighted by Gasteiger charge is 2.23. The Hall–Kier alpha value is -1.07. The van der Waals surface area contributed by atoms with Crippen molar-refractivity contribution in [3.05, 3.63) is 17.2 Å². The zero-order valence-electron chi connectivity index (χ0n) is 10.5. The number of aromatic nitrogens is 2. The molecule has 1 atom stereocenters. The predicted molar refractivity (Wildman–Crippen MR) is 68.5 cm³/mol. The highest BCUT2D eigenvalue weighted by molar-refractivity contribution is 6.29. The normalized spacial score (nSPS) is 21.1. The summed E-state index contributed by atoms with van der Waals surface area (Å²) >= 11 is 5.95. The van der Waals surface area contributed by atoms with Crippen molar-refractivity contribution in [1.82, 2.24) is 14.5 Å². The third-order valence-electron chi connectivity index (χ3n) is 3.46. The van der Waals surface area contributed by atoms with Crippen molar-refractivity contribution < 1.29 is 9.90 Å². The molecule has 2 heterocycles. The van der Waals surface area contributed by atoms with Crippen molar-refractivity contribution in [2.75, 3.05) is 13.1 Å². The van der Waals surface area contributed by atoms with Gasteiger partial charge in [0.15, 0.2) is 0 Å². The first-order valence-electron chi connectivity index (χ1n) is 6.16. The maximum Gasteiger partial charge on any atom is 0.303 e. The fourth-order valence-electron chi connectivity index (χ4n) is 2.48. The van der Waals surface area contributed by atoms with Crippen molar-refractivity contribution in [2.24, 2.45) is 13.0 Å². The quantitative estimate of drug-likeness (QED) is 0.907. The van der Waals surface area contributed by atoms with E-state index in [2.05, 4.69) is 9.88 Å². The minimum atomic E-state index is -0.707. The van der Waals surface area contributed by atoms with Crippen LogP contribution in [0.3, 0.4) is 0 Å². The van der Waals surface area contributed by atoms with Crippen LogP contribution >= 0.6 is 11.6 Å². The zero-order valence-corrected chi connectivity index (χ0v) is 11.2. The van der Waals surface area contributed by atoms with Crippen LogP contribution in [0.2, 0.25) is 5.15 Å². The number of piperidine rings is 1. The van der Waals surface area contributed by atoms with Gasteiger partial charge in [-0.05, 0) is 25.3 Å². The van der Waals surface area contributed by atoms with Crippen molar-refractivity contribution in [1.29, 1.82) is 0 Å². The number of hydrogen-bond acceptors (Lipinski definition) is 3. The minimum Gasteiger partial charge on any atom is -0.481 e. The van der Waals surface area contributed by atoms with Crippen molar-refractivity contribution in [3.63, 3.8) is 0 Å². The van der Waals surface area contributed by atoms with Crippen LogP contribution in [0, 0.1) is 5.92 Å². The monoisotopic (exact) mass is 271 g/mol. The number of nitrogens with zero attached hydrogens (tertiary/aromatic N) is 3. The Morgan fingerprint density at radius 3 is 3.06 bits per heavy atom. The van der Waals surface area contributed by atoms with Gasteiger partial charge in [-0.15, -0.1) is 0 Å². The smallest absolute Gasteiger partial charge is 0.303 e. The summed E-state index contributed by atoms with van der Waals surface area (Å²) in [5.74, 6) is 0.477. The van der Waals surface area contributed by atoms with Gasteiger partial charge in [0, 0.05) is 20.0 Å². The first-order chi connectivity index (χ1) is 8.56. The lowest BCUT2D eigenvalue weighted by Gasteiger charge is -2.31. The molecule has 18 heavy (non-hydrogen) atoms. The van der Waals surface area contributed by atoms with Gasteiger partial charge in [-0.1, -0.05) is 11.6 Å². The van der Waals surface area contributed by atoms with E-state index in [9.17, 15) is 4.79 Å². The van der Waals surface area contributed by atoms with Gasteiger partial charge in [0.05, 0.1) is 12.7 Å². The van der Waals surface area contributed by atoms with Crippen LogP contribution in [-0.2, 0) is 18.4 Å². The molecule has 0 aliphatic carbocycles. The Morgan fingerprint density at radius 2 is 2.44 bits per heavy atom. The average Bonchev–Trinajstić information content (AvgIpc) is 2.61. The summed E-state index contributed by atoms with van der Waals surface area (Å²) in [6.07, 6.45) is 3.97. The molecular formula is C12H18ClN3O2. The van der Waals surface area contributed by atoms with Crippen LogP contribution in [0.1, 0.15) is 25.1 Å². The predicted octanol–water partition coefficient (Wildman–Crippen LogP) is 1.76. The molecule has 0 amide bonds. The molecule has 5 nitrogen and oxygen atoms in total. The number of carboxylic acid groups (broad SMARTS) is 1. The van der Waals surface area contributed by atoms with E-state index in [1.54, 1.807) is 6.20 Å². The largest absolute Gasteiger partial charge is 0.481 e. The van der Waals surface area contributed by atoms with Crippen molar-refractivity contribution in [2.45, 2.75) is 25.8 Å². The van der Waals surface area contributed by atoms with Crippen molar-refractivity contribution in [3.8, 4) is 0 Å². The molecule has 0 saturated carbocycles. The highest BCUT2D eigenvalue weighted by atomic mass is 35.5. The Bertz CT molecular complexity index is 433. The lowest BCUT2D eigenvalue weighted by molar-refractivity contribution is -0.138. The molecule has 0 radical (unpaired) electrons. The first kappa shape index (κ1) is 13.4. The molecule has 1 aromatic rings. The summed E-state index contributed by atoms with van der Waals surface area (Å²) < 4.78 is 1.86. The van der Waals surface area contributed by atoms with Crippen LogP contribution in [0.15, 0.2) is 6.20 Å². The summed E-state index contributed by atoms with van der Waals surface area (Å²) in [5.41, 5.74) is 0. The topological polar surface area (TPSA) is 58.4 Å². The second-order valence-electron chi connectivity index (χ2n) is 4.90. The fraction of sp³-hybridized carbons (Fsp3) is 0.667. The van der Waals surface area contributed by atoms with Crippen LogP contribution in [0.25, 0.3) is 0 Å². The van der Waals surface area contributed by atoms with E-state index in [4.69, 9.17) is 16.7 Å². The molecule has 1 saturated heterocycles. The van der Waals surface area contributed by atoms with Crippen LogP contribution in [0.5, 0.6) is 0 Å². The van der Waals surface area contributed by atoms with Gasteiger partial charge < -0.3 is 9.67 Å². The lowest BCUT2D eigenvalue weighted by atomic mass is 9.95.